The summed E-state index contributed by atoms with van der Waals surface area (Å²) in [7, 11) is 0. The summed E-state index contributed by atoms with van der Waals surface area (Å²) in [5, 5.41) is 32.2. The SMILES string of the molecule is CCCc1nc(NCCN)nc(NCCCc2nc(NCCN)nc(NCCCc3nc(=NCCCc4nc(NCCN)nc(NCCCc5nc(NCCN)nc(NCCCc6nc(N)nc(NCCN)n6)n5)n4)nc(NCCN)[nH]3)n2)n1. The van der Waals surface area contributed by atoms with E-state index in [-0.39, 0.29) is 5.95 Å². The van der Waals surface area contributed by atoms with E-state index < -0.39 is 0 Å². The molecule has 6 heterocycles. The highest BCUT2D eigenvalue weighted by atomic mass is 15.3. The summed E-state index contributed by atoms with van der Waals surface area (Å²) < 4.78 is 0. The van der Waals surface area contributed by atoms with Gasteiger partial charge in [0.1, 0.15) is 34.9 Å². The van der Waals surface area contributed by atoms with Crippen molar-refractivity contribution in [1.82, 2.24) is 89.7 Å². The van der Waals surface area contributed by atoms with Crippen LogP contribution in [0.4, 0.5) is 65.4 Å². The summed E-state index contributed by atoms with van der Waals surface area (Å²) in [6.45, 7) is 10.4. The maximum atomic E-state index is 5.89. The summed E-state index contributed by atoms with van der Waals surface area (Å²) in [6.07, 6.45) is 7.79. The number of aryl methyl sites for hydroxylation is 6. The predicted molar refractivity (Wildman–Crippen MR) is 325 cm³/mol. The molecule has 0 aromatic carbocycles. The molecule has 6 aromatic rings. The first kappa shape index (κ1) is 64.6. The van der Waals surface area contributed by atoms with E-state index in [0.29, 0.717) is 270 Å². The van der Waals surface area contributed by atoms with Gasteiger partial charge in [-0.1, -0.05) is 6.92 Å². The highest BCUT2D eigenvalue weighted by molar-refractivity contribution is 5.38. The maximum Gasteiger partial charge on any atom is 0.249 e. The summed E-state index contributed by atoms with van der Waals surface area (Å²) in [5.74, 6) is 8.47. The number of nitrogens with one attached hydrogen (secondary N) is 11. The summed E-state index contributed by atoms with van der Waals surface area (Å²) in [4.78, 5) is 85.5. The minimum Gasteiger partial charge on any atom is -0.368 e. The highest BCUT2D eigenvalue weighted by Crippen LogP contribution is 2.14. The topological polar surface area (TPSA) is 550 Å². The number of anilines is 11. The molecule has 0 aliphatic carbocycles. The van der Waals surface area contributed by atoms with Crippen LogP contribution in [0.15, 0.2) is 4.99 Å². The zero-order valence-electron chi connectivity index (χ0n) is 48.1. The first-order chi connectivity index (χ1) is 41.2. The number of H-pyrrole nitrogens is 1. The average molecular weight is 1170 g/mol. The molecule has 25 N–H and O–H groups in total. The van der Waals surface area contributed by atoms with Crippen molar-refractivity contribution in [3.8, 4) is 0 Å². The van der Waals surface area contributed by atoms with Gasteiger partial charge in [0.25, 0.3) is 0 Å². The maximum absolute atomic E-state index is 5.89. The van der Waals surface area contributed by atoms with Crippen LogP contribution < -0.4 is 98.9 Å². The lowest BCUT2D eigenvalue weighted by molar-refractivity contribution is 0.725. The fourth-order valence-corrected chi connectivity index (χ4v) is 7.65. The lowest BCUT2D eigenvalue weighted by Crippen LogP contribution is -2.23. The Kier molecular flexibility index (Phi) is 28.8. The molecule has 0 atom stereocenters. The van der Waals surface area contributed by atoms with E-state index in [1.54, 1.807) is 0 Å². The van der Waals surface area contributed by atoms with Gasteiger partial charge >= 0.3 is 0 Å². The van der Waals surface area contributed by atoms with E-state index in [2.05, 4.69) is 135 Å². The van der Waals surface area contributed by atoms with Crippen LogP contribution in [0.25, 0.3) is 0 Å². The fourth-order valence-electron chi connectivity index (χ4n) is 7.65. The number of aromatic nitrogens is 18. The molecule has 0 saturated carbocycles. The van der Waals surface area contributed by atoms with E-state index in [1.807, 2.05) is 0 Å². The van der Waals surface area contributed by atoms with E-state index >= 15 is 0 Å². The van der Waals surface area contributed by atoms with E-state index in [9.17, 15) is 0 Å². The second-order valence-electron chi connectivity index (χ2n) is 18.6. The first-order valence-electron chi connectivity index (χ1n) is 28.7. The molecule has 36 nitrogen and oxygen atoms in total. The molecule has 6 rings (SSSR count). The van der Waals surface area contributed by atoms with Gasteiger partial charge in [0.15, 0.2) is 0 Å². The number of nitrogens with zero attached hydrogens (tertiary/aromatic N) is 18. The van der Waals surface area contributed by atoms with Crippen molar-refractivity contribution < 1.29 is 0 Å². The van der Waals surface area contributed by atoms with Gasteiger partial charge in [-0.15, -0.1) is 0 Å². The van der Waals surface area contributed by atoms with Crippen molar-refractivity contribution in [3.63, 3.8) is 0 Å². The van der Waals surface area contributed by atoms with Gasteiger partial charge in [0.05, 0.1) is 0 Å². The molecule has 0 saturated heterocycles. The minimum atomic E-state index is 0.143. The van der Waals surface area contributed by atoms with Crippen LogP contribution >= 0.6 is 0 Å². The Morgan fingerprint density at radius 1 is 0.321 bits per heavy atom. The standard InChI is InChI=1S/C48H86N36/c1-2-8-31-68-39(80-44(69-31)62-26-15-50)56-21-4-10-33-72-41(82-46(75-33)64-28-17-52)58-23-6-12-35-74-43(84-48(77-35)66-30-19-54)60-24-7-13-36-73-42(83-47(78-36)65-29-18-53)59-22-5-11-34-71-40(81-45(76-34)63-27-16-51)57-20-3-9-32-67-37(55)79-38(70-32)61-25-14-49/h2-30,49-54H2,1H3,(H3,55,61,67,70,79)(H2,56,62,68,69,80)(H2,57,63,71,76,81)(H2,58,64,72,75,82)(H2,59,65,73,78,83)(H2,60,66,74,77,84). The quantitative estimate of drug-likeness (QED) is 0.0172. The number of nitrogen functional groups attached to an aromatic ring is 1. The molecule has 0 radical (unpaired) electrons. The van der Waals surface area contributed by atoms with E-state index in [1.165, 1.54) is 0 Å². The van der Waals surface area contributed by atoms with Crippen LogP contribution in [-0.4, -0.2) is 201 Å². The third-order valence-corrected chi connectivity index (χ3v) is 11.4. The molecule has 6 aromatic heterocycles. The zero-order chi connectivity index (χ0) is 59.4. The molecule has 0 bridgehead atoms. The molecular formula is C48H86N36. The minimum absolute atomic E-state index is 0.143. The third-order valence-electron chi connectivity index (χ3n) is 11.4. The van der Waals surface area contributed by atoms with Gasteiger partial charge in [0.2, 0.25) is 71.0 Å². The summed E-state index contributed by atoms with van der Waals surface area (Å²) >= 11 is 0. The molecule has 0 amide bonds. The molecule has 0 aliphatic rings. The molecule has 0 unspecified atom stereocenters. The molecule has 0 fully saturated rings. The summed E-state index contributed by atoms with van der Waals surface area (Å²) in [6, 6.07) is 0. The molecule has 36 heteroatoms. The highest BCUT2D eigenvalue weighted by Gasteiger charge is 2.13. The Hall–Kier alpha value is -8.58. The monoisotopic (exact) mass is 1170 g/mol. The van der Waals surface area contributed by atoms with Crippen LogP contribution in [0, 0.1) is 0 Å². The van der Waals surface area contributed by atoms with Gasteiger partial charge in [-0.2, -0.15) is 84.7 Å². The van der Waals surface area contributed by atoms with Crippen LogP contribution in [0.1, 0.15) is 80.4 Å². The van der Waals surface area contributed by atoms with Gasteiger partial charge in [-0.05, 0) is 38.5 Å². The Morgan fingerprint density at radius 2 is 0.631 bits per heavy atom. The van der Waals surface area contributed by atoms with Crippen molar-refractivity contribution in [3.05, 3.63) is 40.6 Å². The fraction of sp³-hybridized carbons (Fsp3) is 0.625. The van der Waals surface area contributed by atoms with Crippen molar-refractivity contribution in [2.75, 3.05) is 170 Å². The first-order valence-corrected chi connectivity index (χ1v) is 28.7. The van der Waals surface area contributed by atoms with Gasteiger partial charge in [0, 0.05) is 150 Å². The Labute approximate surface area is 487 Å². The van der Waals surface area contributed by atoms with E-state index in [4.69, 9.17) is 60.1 Å². The lowest BCUT2D eigenvalue weighted by Gasteiger charge is -2.11. The molecule has 458 valence electrons. The molecule has 0 aliphatic heterocycles. The van der Waals surface area contributed by atoms with Crippen LogP contribution in [0.5, 0.6) is 0 Å². The normalized spacial score (nSPS) is 11.3. The molecule has 84 heavy (non-hydrogen) atoms. The Bertz CT molecular complexity index is 2910. The Morgan fingerprint density at radius 3 is 1.00 bits per heavy atom. The number of aromatic amines is 1. The van der Waals surface area contributed by atoms with Gasteiger partial charge in [-0.3, -0.25) is 0 Å². The van der Waals surface area contributed by atoms with Gasteiger partial charge in [-0.25, -0.2) is 4.99 Å². The van der Waals surface area contributed by atoms with Crippen LogP contribution in [0.2, 0.25) is 0 Å². The van der Waals surface area contributed by atoms with Crippen molar-refractivity contribution in [1.29, 1.82) is 0 Å². The smallest absolute Gasteiger partial charge is 0.249 e. The van der Waals surface area contributed by atoms with Crippen molar-refractivity contribution in [2.24, 2.45) is 39.4 Å². The Balaban J connectivity index is 1.000. The number of hydrogen-bond donors (Lipinski definition) is 18. The predicted octanol–water partition coefficient (Wildman–Crippen LogP) is -2.80. The summed E-state index contributed by atoms with van der Waals surface area (Å²) in [5.41, 5.74) is 40.7. The second kappa shape index (κ2) is 37.5. The van der Waals surface area contributed by atoms with E-state index in [0.717, 1.165) is 18.7 Å². The zero-order valence-corrected chi connectivity index (χ0v) is 48.1. The number of hydrogen-bond acceptors (Lipinski definition) is 35. The van der Waals surface area contributed by atoms with Crippen molar-refractivity contribution in [2.45, 2.75) is 84.0 Å². The largest absolute Gasteiger partial charge is 0.368 e. The van der Waals surface area contributed by atoms with Crippen LogP contribution in [-0.2, 0) is 38.5 Å². The van der Waals surface area contributed by atoms with Crippen LogP contribution in [0.3, 0.4) is 0 Å². The average Bonchev–Trinajstić information content (AvgIpc) is 3.53. The second-order valence-corrected chi connectivity index (χ2v) is 18.6. The molecular weight excluding hydrogens is 1080 g/mol. The molecule has 0 spiro atoms. The number of nitrogens with two attached hydrogens (primary N) is 7. The van der Waals surface area contributed by atoms with Gasteiger partial charge < -0.3 is 98.3 Å². The lowest BCUT2D eigenvalue weighted by atomic mass is 10.3. The van der Waals surface area contributed by atoms with Crippen molar-refractivity contribution >= 4 is 65.4 Å². The third kappa shape index (κ3) is 24.5. The number of rotatable bonds is 44.